The summed E-state index contributed by atoms with van der Waals surface area (Å²) < 4.78 is 15.8. The number of rotatable bonds is 3. The Balaban J connectivity index is 1.22. The van der Waals surface area contributed by atoms with E-state index in [1.54, 1.807) is 17.7 Å². The van der Waals surface area contributed by atoms with Gasteiger partial charge in [-0.25, -0.2) is 9.07 Å². The van der Waals surface area contributed by atoms with Gasteiger partial charge in [0.2, 0.25) is 0 Å². The van der Waals surface area contributed by atoms with Crippen molar-refractivity contribution in [1.82, 2.24) is 15.0 Å². The van der Waals surface area contributed by atoms with E-state index >= 15 is 0 Å². The molecular weight excluding hydrogens is 441 g/mol. The second-order valence-corrected chi connectivity index (χ2v) is 13.3. The van der Waals surface area contributed by atoms with Crippen LogP contribution in [0.1, 0.15) is 84.1 Å². The summed E-state index contributed by atoms with van der Waals surface area (Å²) in [6.07, 6.45) is 9.86. The van der Waals surface area contributed by atoms with E-state index < -0.39 is 5.60 Å². The van der Waals surface area contributed by atoms with Crippen LogP contribution in [-0.2, 0) is 11.3 Å². The number of Topliss-reactive ketones (excluding diaryl/α,β-unsaturated/α-hetero) is 1. The summed E-state index contributed by atoms with van der Waals surface area (Å²) in [5.41, 5.74) is 1.66. The van der Waals surface area contributed by atoms with E-state index in [1.807, 2.05) is 6.92 Å². The highest BCUT2D eigenvalue weighted by atomic mass is 19.1. The van der Waals surface area contributed by atoms with Crippen molar-refractivity contribution in [1.29, 1.82) is 0 Å². The molecule has 0 bridgehead atoms. The SMILES string of the molecule is Cc1cc2nnn(CC(=O)[C@H]3CC[C@H]4[C@@H]5CC[C@@H]6C[C@](C)(O)CC[C@]6(C)[C@H]5CC[C@]34C)c2cc1F. The van der Waals surface area contributed by atoms with Crippen molar-refractivity contribution in [3.63, 3.8) is 0 Å². The second-order valence-electron chi connectivity index (χ2n) is 13.3. The maximum Gasteiger partial charge on any atom is 0.157 e. The molecule has 0 spiro atoms. The second kappa shape index (κ2) is 7.84. The van der Waals surface area contributed by atoms with E-state index in [2.05, 4.69) is 24.2 Å². The standard InChI is InChI=1S/C29H40FN3O2/c1-17-13-24-25(14-23(17)30)33(32-31-24)16-26(34)22-8-7-20-19-6-5-18-15-27(2,35)11-12-28(18,3)21(19)9-10-29(20,22)4/h13-14,18-22,35H,5-12,15-16H2,1-4H3/t18-,19+,20+,21+,22-,27-,28+,29+/m1/s1. The van der Waals surface area contributed by atoms with Crippen molar-refractivity contribution >= 4 is 16.8 Å². The Morgan fingerprint density at radius 1 is 1.06 bits per heavy atom. The van der Waals surface area contributed by atoms with Crippen LogP contribution in [0.3, 0.4) is 0 Å². The van der Waals surface area contributed by atoms with Gasteiger partial charge in [0.15, 0.2) is 5.78 Å². The Hall–Kier alpha value is -1.82. The van der Waals surface area contributed by atoms with Crippen LogP contribution in [0.5, 0.6) is 0 Å². The van der Waals surface area contributed by atoms with E-state index in [9.17, 15) is 14.3 Å². The quantitative estimate of drug-likeness (QED) is 0.596. The molecule has 4 fully saturated rings. The normalized spacial score (nSPS) is 43.0. The van der Waals surface area contributed by atoms with Crippen molar-refractivity contribution in [3.8, 4) is 0 Å². The van der Waals surface area contributed by atoms with Gasteiger partial charge < -0.3 is 5.11 Å². The Bertz CT molecular complexity index is 1170. The fourth-order valence-electron chi connectivity index (χ4n) is 9.43. The molecule has 5 nitrogen and oxygen atoms in total. The van der Waals surface area contributed by atoms with Crippen LogP contribution >= 0.6 is 0 Å². The number of carbonyl (C=O) groups is 1. The Morgan fingerprint density at radius 3 is 2.63 bits per heavy atom. The van der Waals surface area contributed by atoms with E-state index in [0.29, 0.717) is 39.8 Å². The van der Waals surface area contributed by atoms with E-state index in [-0.39, 0.29) is 29.5 Å². The minimum Gasteiger partial charge on any atom is -0.390 e. The maximum atomic E-state index is 14.2. The maximum absolute atomic E-state index is 14.2. The molecule has 4 aliphatic rings. The molecule has 0 amide bonds. The lowest BCUT2D eigenvalue weighted by Gasteiger charge is -2.61. The zero-order valence-corrected chi connectivity index (χ0v) is 21.7. The number of fused-ring (bicyclic) bond motifs is 6. The number of nitrogens with zero attached hydrogens (tertiary/aromatic N) is 3. The molecule has 190 valence electrons. The van der Waals surface area contributed by atoms with Crippen molar-refractivity contribution in [2.24, 2.45) is 40.4 Å². The topological polar surface area (TPSA) is 68.0 Å². The first kappa shape index (κ1) is 23.6. The number of carbonyl (C=O) groups excluding carboxylic acids is 1. The molecule has 0 aliphatic heterocycles. The van der Waals surface area contributed by atoms with Gasteiger partial charge in [-0.3, -0.25) is 4.79 Å². The lowest BCUT2D eigenvalue weighted by atomic mass is 9.44. The third kappa shape index (κ3) is 3.53. The first-order valence-electron chi connectivity index (χ1n) is 13.8. The van der Waals surface area contributed by atoms with Crippen LogP contribution in [0.2, 0.25) is 0 Å². The van der Waals surface area contributed by atoms with Gasteiger partial charge in [-0.1, -0.05) is 19.1 Å². The van der Waals surface area contributed by atoms with Gasteiger partial charge in [-0.05, 0) is 118 Å². The fraction of sp³-hybridized carbons (Fsp3) is 0.759. The molecule has 0 unspecified atom stereocenters. The average Bonchev–Trinajstić information content (AvgIpc) is 3.34. The van der Waals surface area contributed by atoms with Gasteiger partial charge in [-0.2, -0.15) is 0 Å². The summed E-state index contributed by atoms with van der Waals surface area (Å²) in [6.45, 7) is 8.82. The summed E-state index contributed by atoms with van der Waals surface area (Å²) in [6, 6.07) is 3.16. The molecule has 1 aromatic heterocycles. The smallest absolute Gasteiger partial charge is 0.157 e. The zero-order chi connectivity index (χ0) is 24.8. The third-order valence-corrected chi connectivity index (χ3v) is 11.4. The molecule has 0 radical (unpaired) electrons. The van der Waals surface area contributed by atoms with Crippen molar-refractivity contribution in [2.75, 3.05) is 0 Å². The van der Waals surface area contributed by atoms with Crippen LogP contribution in [0, 0.1) is 53.2 Å². The molecular formula is C29H40FN3O2. The van der Waals surface area contributed by atoms with Crippen molar-refractivity contribution < 1.29 is 14.3 Å². The Labute approximate surface area is 207 Å². The summed E-state index contributed by atoms with van der Waals surface area (Å²) in [4.78, 5) is 13.7. The zero-order valence-electron chi connectivity index (χ0n) is 21.7. The van der Waals surface area contributed by atoms with E-state index in [4.69, 9.17) is 0 Å². The average molecular weight is 482 g/mol. The van der Waals surface area contributed by atoms with Gasteiger partial charge >= 0.3 is 0 Å². The highest BCUT2D eigenvalue weighted by Crippen LogP contribution is 2.68. The van der Waals surface area contributed by atoms with Gasteiger partial charge in [0.25, 0.3) is 0 Å². The van der Waals surface area contributed by atoms with Crippen LogP contribution < -0.4 is 0 Å². The molecule has 35 heavy (non-hydrogen) atoms. The number of ketones is 1. The molecule has 4 aliphatic carbocycles. The fourth-order valence-corrected chi connectivity index (χ4v) is 9.43. The minimum atomic E-state index is -0.502. The van der Waals surface area contributed by atoms with Crippen LogP contribution in [0.15, 0.2) is 12.1 Å². The highest BCUT2D eigenvalue weighted by molar-refractivity contribution is 5.84. The summed E-state index contributed by atoms with van der Waals surface area (Å²) >= 11 is 0. The highest BCUT2D eigenvalue weighted by Gasteiger charge is 2.61. The van der Waals surface area contributed by atoms with E-state index in [1.165, 1.54) is 25.3 Å². The summed E-state index contributed by atoms with van der Waals surface area (Å²) in [7, 11) is 0. The number of aliphatic hydroxyl groups is 1. The van der Waals surface area contributed by atoms with E-state index in [0.717, 1.165) is 44.4 Å². The number of aryl methyl sites for hydroxylation is 1. The molecule has 1 aromatic carbocycles. The number of hydrogen-bond donors (Lipinski definition) is 1. The molecule has 1 heterocycles. The molecule has 8 atom stereocenters. The van der Waals surface area contributed by atoms with Gasteiger partial charge in [0, 0.05) is 12.0 Å². The van der Waals surface area contributed by atoms with Crippen LogP contribution in [-0.4, -0.2) is 31.5 Å². The molecule has 6 heteroatoms. The summed E-state index contributed by atoms with van der Waals surface area (Å²) in [5.74, 6) is 2.63. The predicted molar refractivity (Wildman–Crippen MR) is 133 cm³/mol. The van der Waals surface area contributed by atoms with Gasteiger partial charge in [0.1, 0.15) is 17.9 Å². The number of benzene rings is 1. The number of aromatic nitrogens is 3. The van der Waals surface area contributed by atoms with Crippen LogP contribution in [0.4, 0.5) is 4.39 Å². The first-order valence-corrected chi connectivity index (χ1v) is 13.8. The van der Waals surface area contributed by atoms with Gasteiger partial charge in [0.05, 0.1) is 11.1 Å². The molecule has 4 saturated carbocycles. The lowest BCUT2D eigenvalue weighted by molar-refractivity contribution is -0.151. The van der Waals surface area contributed by atoms with Crippen molar-refractivity contribution in [3.05, 3.63) is 23.5 Å². The third-order valence-electron chi connectivity index (χ3n) is 11.4. The number of halogens is 1. The Kier molecular flexibility index (Phi) is 5.28. The minimum absolute atomic E-state index is 0.0415. The van der Waals surface area contributed by atoms with Gasteiger partial charge in [-0.15, -0.1) is 5.10 Å². The predicted octanol–water partition coefficient (Wildman–Crippen LogP) is 5.86. The van der Waals surface area contributed by atoms with Crippen LogP contribution in [0.25, 0.3) is 11.0 Å². The lowest BCUT2D eigenvalue weighted by Crippen LogP contribution is -2.55. The Morgan fingerprint density at radius 2 is 1.83 bits per heavy atom. The molecule has 0 saturated heterocycles. The largest absolute Gasteiger partial charge is 0.390 e. The van der Waals surface area contributed by atoms with Crippen molar-refractivity contribution in [2.45, 2.75) is 97.6 Å². The first-order chi connectivity index (χ1) is 16.5. The molecule has 6 rings (SSSR count). The number of hydrogen-bond acceptors (Lipinski definition) is 4. The molecule has 2 aromatic rings. The monoisotopic (exact) mass is 481 g/mol. The summed E-state index contributed by atoms with van der Waals surface area (Å²) in [5, 5.41) is 19.1. The molecule has 1 N–H and O–H groups in total.